The number of carbonyl (C=O) groups excluding carboxylic acids is 1. The zero-order chi connectivity index (χ0) is 15.4. The Morgan fingerprint density at radius 1 is 1.41 bits per heavy atom. The topological polar surface area (TPSA) is 67.3 Å². The number of rotatable bonds is 5. The fraction of sp³-hybridized carbons (Fsp3) is 0.312. The number of hydrogen-bond donors (Lipinski definition) is 1. The van der Waals surface area contributed by atoms with Crippen molar-refractivity contribution in [3.63, 3.8) is 0 Å². The highest BCUT2D eigenvalue weighted by atomic mass is 16.5. The standard InChI is InChI=1S/C16H18N4O2/c1-22-14-4-2-3-12(7-14)8-16(21)20-10-13(11-20)19-15-9-17-5-6-18-15/h2-7,9,13H,8,10-11H2,1H3,(H,18,19). The third-order valence-electron chi connectivity index (χ3n) is 3.64. The van der Waals surface area contributed by atoms with Crippen molar-refractivity contribution in [2.45, 2.75) is 12.5 Å². The summed E-state index contributed by atoms with van der Waals surface area (Å²) in [5, 5.41) is 3.26. The van der Waals surface area contributed by atoms with Crippen molar-refractivity contribution in [3.05, 3.63) is 48.4 Å². The molecule has 0 aliphatic carbocycles. The van der Waals surface area contributed by atoms with Gasteiger partial charge < -0.3 is 15.0 Å². The minimum Gasteiger partial charge on any atom is -0.497 e. The fourth-order valence-corrected chi connectivity index (χ4v) is 2.43. The molecular formula is C16H18N4O2. The van der Waals surface area contributed by atoms with Gasteiger partial charge in [-0.05, 0) is 17.7 Å². The molecular weight excluding hydrogens is 280 g/mol. The second-order valence-electron chi connectivity index (χ2n) is 5.26. The summed E-state index contributed by atoms with van der Waals surface area (Å²) in [6, 6.07) is 7.85. The Kier molecular flexibility index (Phi) is 4.18. The molecule has 1 aromatic heterocycles. The molecule has 1 saturated heterocycles. The van der Waals surface area contributed by atoms with Crippen LogP contribution in [0.3, 0.4) is 0 Å². The Balaban J connectivity index is 1.49. The van der Waals surface area contributed by atoms with Crippen molar-refractivity contribution < 1.29 is 9.53 Å². The summed E-state index contributed by atoms with van der Waals surface area (Å²) in [7, 11) is 1.62. The largest absolute Gasteiger partial charge is 0.497 e. The lowest BCUT2D eigenvalue weighted by molar-refractivity contribution is -0.134. The third kappa shape index (κ3) is 3.33. The molecule has 1 N–H and O–H groups in total. The number of nitrogens with one attached hydrogen (secondary N) is 1. The molecule has 0 spiro atoms. The Hall–Kier alpha value is -2.63. The smallest absolute Gasteiger partial charge is 0.227 e. The van der Waals surface area contributed by atoms with Gasteiger partial charge in [0.05, 0.1) is 25.8 Å². The first-order valence-electron chi connectivity index (χ1n) is 7.18. The number of anilines is 1. The van der Waals surface area contributed by atoms with Crippen LogP contribution in [0.4, 0.5) is 5.82 Å². The highest BCUT2D eigenvalue weighted by Gasteiger charge is 2.30. The van der Waals surface area contributed by atoms with E-state index >= 15 is 0 Å². The molecule has 2 aromatic rings. The van der Waals surface area contributed by atoms with E-state index < -0.39 is 0 Å². The number of nitrogens with zero attached hydrogens (tertiary/aromatic N) is 3. The second kappa shape index (κ2) is 6.43. The number of carbonyl (C=O) groups is 1. The first kappa shape index (κ1) is 14.3. The highest BCUT2D eigenvalue weighted by Crippen LogP contribution is 2.17. The van der Waals surface area contributed by atoms with Crippen molar-refractivity contribution in [2.75, 3.05) is 25.5 Å². The van der Waals surface area contributed by atoms with Crippen LogP contribution in [-0.2, 0) is 11.2 Å². The number of benzene rings is 1. The van der Waals surface area contributed by atoms with Crippen LogP contribution in [-0.4, -0.2) is 47.0 Å². The van der Waals surface area contributed by atoms with Gasteiger partial charge in [0.25, 0.3) is 0 Å². The molecule has 22 heavy (non-hydrogen) atoms. The van der Waals surface area contributed by atoms with Crippen LogP contribution in [0.1, 0.15) is 5.56 Å². The second-order valence-corrected chi connectivity index (χ2v) is 5.26. The van der Waals surface area contributed by atoms with Crippen LogP contribution >= 0.6 is 0 Å². The van der Waals surface area contributed by atoms with E-state index in [9.17, 15) is 4.79 Å². The van der Waals surface area contributed by atoms with Crippen LogP contribution in [0.15, 0.2) is 42.9 Å². The van der Waals surface area contributed by atoms with Crippen LogP contribution < -0.4 is 10.1 Å². The van der Waals surface area contributed by atoms with Gasteiger partial charge in [0, 0.05) is 25.5 Å². The van der Waals surface area contributed by atoms with Gasteiger partial charge in [0.1, 0.15) is 11.6 Å². The zero-order valence-corrected chi connectivity index (χ0v) is 12.4. The fourth-order valence-electron chi connectivity index (χ4n) is 2.43. The van der Waals surface area contributed by atoms with Crippen molar-refractivity contribution in [1.82, 2.24) is 14.9 Å². The summed E-state index contributed by atoms with van der Waals surface area (Å²) in [4.78, 5) is 22.2. The van der Waals surface area contributed by atoms with Gasteiger partial charge in [-0.1, -0.05) is 12.1 Å². The number of likely N-dealkylation sites (tertiary alicyclic amines) is 1. The summed E-state index contributed by atoms with van der Waals surface area (Å²) in [5.41, 5.74) is 0.967. The Labute approximate surface area is 129 Å². The number of aromatic nitrogens is 2. The highest BCUT2D eigenvalue weighted by molar-refractivity contribution is 5.80. The summed E-state index contributed by atoms with van der Waals surface area (Å²) in [6.45, 7) is 1.39. The SMILES string of the molecule is COc1cccc(CC(=O)N2CC(Nc3cnccn3)C2)c1. The van der Waals surface area contributed by atoms with E-state index in [0.29, 0.717) is 19.5 Å². The summed E-state index contributed by atoms with van der Waals surface area (Å²) in [6.07, 6.45) is 5.36. The molecule has 6 nitrogen and oxygen atoms in total. The van der Waals surface area contributed by atoms with Gasteiger partial charge in [0.15, 0.2) is 0 Å². The average molecular weight is 298 g/mol. The van der Waals surface area contributed by atoms with Crippen LogP contribution in [0.5, 0.6) is 5.75 Å². The number of methoxy groups -OCH3 is 1. The lowest BCUT2D eigenvalue weighted by Gasteiger charge is -2.39. The van der Waals surface area contributed by atoms with E-state index in [2.05, 4.69) is 15.3 Å². The van der Waals surface area contributed by atoms with Crippen molar-refractivity contribution >= 4 is 11.7 Å². The quantitative estimate of drug-likeness (QED) is 0.902. The zero-order valence-electron chi connectivity index (χ0n) is 12.4. The summed E-state index contributed by atoms with van der Waals surface area (Å²) >= 11 is 0. The minimum absolute atomic E-state index is 0.130. The third-order valence-corrected chi connectivity index (χ3v) is 3.64. The van der Waals surface area contributed by atoms with Gasteiger partial charge >= 0.3 is 0 Å². The van der Waals surface area contributed by atoms with Crippen molar-refractivity contribution in [3.8, 4) is 5.75 Å². The van der Waals surface area contributed by atoms with E-state index in [-0.39, 0.29) is 11.9 Å². The Morgan fingerprint density at radius 3 is 3.00 bits per heavy atom. The van der Waals surface area contributed by atoms with E-state index in [1.165, 1.54) is 0 Å². The molecule has 0 unspecified atom stereocenters. The van der Waals surface area contributed by atoms with E-state index in [0.717, 1.165) is 17.1 Å². The van der Waals surface area contributed by atoms with Gasteiger partial charge in [-0.15, -0.1) is 0 Å². The molecule has 0 radical (unpaired) electrons. The maximum Gasteiger partial charge on any atom is 0.227 e. The first-order valence-corrected chi connectivity index (χ1v) is 7.18. The molecule has 1 aliphatic heterocycles. The van der Waals surface area contributed by atoms with Gasteiger partial charge in [-0.3, -0.25) is 9.78 Å². The number of hydrogen-bond acceptors (Lipinski definition) is 5. The predicted molar refractivity (Wildman–Crippen MR) is 82.7 cm³/mol. The predicted octanol–water partition coefficient (Wildman–Crippen LogP) is 1.35. The normalized spacial score (nSPS) is 14.3. The Bertz CT molecular complexity index is 642. The van der Waals surface area contributed by atoms with E-state index in [1.807, 2.05) is 29.2 Å². The maximum absolute atomic E-state index is 12.2. The van der Waals surface area contributed by atoms with Crippen LogP contribution in [0.2, 0.25) is 0 Å². The lowest BCUT2D eigenvalue weighted by atomic mass is 10.1. The molecule has 2 heterocycles. The molecule has 1 aliphatic rings. The average Bonchev–Trinajstić information content (AvgIpc) is 2.51. The monoisotopic (exact) mass is 298 g/mol. The van der Waals surface area contributed by atoms with E-state index in [4.69, 9.17) is 4.74 Å². The molecule has 0 saturated carbocycles. The lowest BCUT2D eigenvalue weighted by Crippen LogP contribution is -2.57. The summed E-state index contributed by atoms with van der Waals surface area (Å²) in [5.74, 6) is 1.65. The molecule has 6 heteroatoms. The molecule has 1 fully saturated rings. The summed E-state index contributed by atoms with van der Waals surface area (Å²) < 4.78 is 5.17. The van der Waals surface area contributed by atoms with Gasteiger partial charge in [0.2, 0.25) is 5.91 Å². The number of amides is 1. The van der Waals surface area contributed by atoms with Gasteiger partial charge in [-0.25, -0.2) is 4.98 Å². The molecule has 0 bridgehead atoms. The molecule has 1 amide bonds. The van der Waals surface area contributed by atoms with Crippen LogP contribution in [0, 0.1) is 0 Å². The number of ether oxygens (including phenoxy) is 1. The van der Waals surface area contributed by atoms with Gasteiger partial charge in [-0.2, -0.15) is 0 Å². The Morgan fingerprint density at radius 2 is 2.27 bits per heavy atom. The first-order chi connectivity index (χ1) is 10.7. The van der Waals surface area contributed by atoms with Crippen molar-refractivity contribution in [2.24, 2.45) is 0 Å². The molecule has 0 atom stereocenters. The molecule has 3 rings (SSSR count). The van der Waals surface area contributed by atoms with Crippen molar-refractivity contribution in [1.29, 1.82) is 0 Å². The molecule has 114 valence electrons. The minimum atomic E-state index is 0.130. The molecule has 1 aromatic carbocycles. The maximum atomic E-state index is 12.2. The van der Waals surface area contributed by atoms with Crippen LogP contribution in [0.25, 0.3) is 0 Å². The van der Waals surface area contributed by atoms with E-state index in [1.54, 1.807) is 25.7 Å².